The second-order valence-electron chi connectivity index (χ2n) is 4.13. The van der Waals surface area contributed by atoms with Crippen LogP contribution >= 0.6 is 0 Å². The van der Waals surface area contributed by atoms with Crippen LogP contribution in [0.2, 0.25) is 0 Å². The lowest BCUT2D eigenvalue weighted by Crippen LogP contribution is -2.53. The third kappa shape index (κ3) is 4.70. The van der Waals surface area contributed by atoms with Crippen LogP contribution < -0.4 is 10.6 Å². The molecule has 0 aliphatic carbocycles. The quantitative estimate of drug-likeness (QED) is 0.647. The van der Waals surface area contributed by atoms with Crippen molar-refractivity contribution in [2.45, 2.75) is 19.4 Å². The van der Waals surface area contributed by atoms with E-state index in [2.05, 4.69) is 10.6 Å². The highest BCUT2D eigenvalue weighted by molar-refractivity contribution is 5.87. The van der Waals surface area contributed by atoms with Crippen LogP contribution in [0.4, 0.5) is 0 Å². The Bertz CT molecular complexity index is 265. The van der Waals surface area contributed by atoms with Crippen LogP contribution in [0.25, 0.3) is 0 Å². The molecule has 0 aromatic heterocycles. The van der Waals surface area contributed by atoms with Gasteiger partial charge in [0.1, 0.15) is 6.04 Å². The summed E-state index contributed by atoms with van der Waals surface area (Å²) in [7, 11) is 1.63. The number of carbonyl (C=O) groups excluding carboxylic acids is 2. The Hall–Kier alpha value is -1.14. The lowest BCUT2D eigenvalue weighted by molar-refractivity contribution is -0.138. The average molecular weight is 243 g/mol. The molecular weight excluding hydrogens is 222 g/mol. The van der Waals surface area contributed by atoms with Gasteiger partial charge in [-0.25, -0.2) is 0 Å². The molecule has 1 unspecified atom stereocenters. The van der Waals surface area contributed by atoms with E-state index in [1.54, 1.807) is 7.05 Å². The van der Waals surface area contributed by atoms with Gasteiger partial charge in [-0.2, -0.15) is 0 Å². The fourth-order valence-corrected chi connectivity index (χ4v) is 1.60. The molecule has 1 rings (SSSR count). The summed E-state index contributed by atoms with van der Waals surface area (Å²) in [5, 5.41) is 5.80. The van der Waals surface area contributed by atoms with E-state index in [-0.39, 0.29) is 24.4 Å². The number of carbonyl (C=O) groups is 2. The maximum Gasteiger partial charge on any atom is 0.242 e. The summed E-state index contributed by atoms with van der Waals surface area (Å²) in [6.07, 6.45) is 0.890. The summed E-state index contributed by atoms with van der Waals surface area (Å²) in [6, 6.07) is -0.326. The third-order valence-corrected chi connectivity index (χ3v) is 2.55. The molecule has 98 valence electrons. The second-order valence-corrected chi connectivity index (χ2v) is 4.13. The number of nitrogens with one attached hydrogen (secondary N) is 2. The van der Waals surface area contributed by atoms with E-state index in [4.69, 9.17) is 4.74 Å². The van der Waals surface area contributed by atoms with Crippen molar-refractivity contribution in [3.63, 3.8) is 0 Å². The Balaban J connectivity index is 2.32. The summed E-state index contributed by atoms with van der Waals surface area (Å²) >= 11 is 0. The van der Waals surface area contributed by atoms with Crippen LogP contribution in [0.5, 0.6) is 0 Å². The molecule has 6 nitrogen and oxygen atoms in total. The maximum absolute atomic E-state index is 11.9. The van der Waals surface area contributed by atoms with E-state index in [1.807, 2.05) is 6.92 Å². The average Bonchev–Trinajstić information content (AvgIpc) is 2.36. The first-order chi connectivity index (χ1) is 8.15. The van der Waals surface area contributed by atoms with Gasteiger partial charge in [0.05, 0.1) is 19.8 Å². The van der Waals surface area contributed by atoms with E-state index in [0.29, 0.717) is 26.3 Å². The monoisotopic (exact) mass is 243 g/mol. The van der Waals surface area contributed by atoms with Crippen LogP contribution in [-0.2, 0) is 14.3 Å². The van der Waals surface area contributed by atoms with Gasteiger partial charge in [0.25, 0.3) is 0 Å². The number of amides is 2. The van der Waals surface area contributed by atoms with Gasteiger partial charge >= 0.3 is 0 Å². The standard InChI is InChI=1S/C11H21N3O3/c1-3-4-13-10(15)7-14(2)11(16)9-8-17-6-5-12-9/h9,12H,3-8H2,1-2H3,(H,13,15). The molecule has 1 aliphatic rings. The highest BCUT2D eigenvalue weighted by Crippen LogP contribution is 1.98. The number of hydrogen-bond acceptors (Lipinski definition) is 4. The van der Waals surface area contributed by atoms with Gasteiger partial charge in [0.15, 0.2) is 0 Å². The number of hydrogen-bond donors (Lipinski definition) is 2. The fraction of sp³-hybridized carbons (Fsp3) is 0.818. The van der Waals surface area contributed by atoms with E-state index < -0.39 is 0 Å². The minimum atomic E-state index is -0.326. The molecule has 2 N–H and O–H groups in total. The lowest BCUT2D eigenvalue weighted by Gasteiger charge is -2.27. The zero-order valence-electron chi connectivity index (χ0n) is 10.5. The number of morpholine rings is 1. The Labute approximate surface area is 102 Å². The molecule has 0 radical (unpaired) electrons. The molecule has 0 aromatic carbocycles. The van der Waals surface area contributed by atoms with Crippen molar-refractivity contribution in [2.24, 2.45) is 0 Å². The predicted molar refractivity (Wildman–Crippen MR) is 63.5 cm³/mol. The molecule has 6 heteroatoms. The molecule has 1 atom stereocenters. The Kier molecular flexibility index (Phi) is 5.93. The predicted octanol–water partition coefficient (Wildman–Crippen LogP) is -1.04. The van der Waals surface area contributed by atoms with Crippen LogP contribution in [0.1, 0.15) is 13.3 Å². The van der Waals surface area contributed by atoms with Crippen LogP contribution in [0.3, 0.4) is 0 Å². The minimum absolute atomic E-state index is 0.0943. The number of nitrogens with zero attached hydrogens (tertiary/aromatic N) is 1. The molecule has 17 heavy (non-hydrogen) atoms. The maximum atomic E-state index is 11.9. The Morgan fingerprint density at radius 3 is 2.88 bits per heavy atom. The van der Waals surface area contributed by atoms with Crippen LogP contribution in [-0.4, -0.2) is 62.7 Å². The molecule has 1 aliphatic heterocycles. The van der Waals surface area contributed by atoms with E-state index in [0.717, 1.165) is 6.42 Å². The normalized spacial score (nSPS) is 19.8. The first kappa shape index (κ1) is 13.9. The van der Waals surface area contributed by atoms with Gasteiger partial charge in [-0.15, -0.1) is 0 Å². The van der Waals surface area contributed by atoms with E-state index in [1.165, 1.54) is 4.90 Å². The van der Waals surface area contributed by atoms with Crippen molar-refractivity contribution in [1.82, 2.24) is 15.5 Å². The van der Waals surface area contributed by atoms with Crippen molar-refractivity contribution in [3.05, 3.63) is 0 Å². The largest absolute Gasteiger partial charge is 0.378 e. The summed E-state index contributed by atoms with van der Waals surface area (Å²) in [6.45, 7) is 4.40. The molecule has 1 saturated heterocycles. The van der Waals surface area contributed by atoms with Crippen LogP contribution in [0.15, 0.2) is 0 Å². The first-order valence-corrected chi connectivity index (χ1v) is 5.98. The van der Waals surface area contributed by atoms with E-state index in [9.17, 15) is 9.59 Å². The van der Waals surface area contributed by atoms with Gasteiger partial charge in [0, 0.05) is 20.1 Å². The fourth-order valence-electron chi connectivity index (χ4n) is 1.60. The number of rotatable bonds is 5. The molecule has 0 aromatic rings. The Morgan fingerprint density at radius 1 is 1.53 bits per heavy atom. The third-order valence-electron chi connectivity index (χ3n) is 2.55. The smallest absolute Gasteiger partial charge is 0.242 e. The minimum Gasteiger partial charge on any atom is -0.378 e. The molecule has 1 heterocycles. The lowest BCUT2D eigenvalue weighted by atomic mass is 10.2. The SMILES string of the molecule is CCCNC(=O)CN(C)C(=O)C1COCCN1. The van der Waals surface area contributed by atoms with Gasteiger partial charge in [-0.3, -0.25) is 9.59 Å². The van der Waals surface area contributed by atoms with Crippen molar-refractivity contribution < 1.29 is 14.3 Å². The van der Waals surface area contributed by atoms with Gasteiger partial charge in [-0.1, -0.05) is 6.92 Å². The molecular formula is C11H21N3O3. The zero-order chi connectivity index (χ0) is 12.7. The number of ether oxygens (including phenoxy) is 1. The van der Waals surface area contributed by atoms with Gasteiger partial charge in [-0.05, 0) is 6.42 Å². The van der Waals surface area contributed by atoms with Gasteiger partial charge in [0.2, 0.25) is 11.8 Å². The Morgan fingerprint density at radius 2 is 2.29 bits per heavy atom. The molecule has 0 spiro atoms. The highest BCUT2D eigenvalue weighted by Gasteiger charge is 2.25. The van der Waals surface area contributed by atoms with Crippen LogP contribution in [0, 0.1) is 0 Å². The summed E-state index contributed by atoms with van der Waals surface area (Å²) < 4.78 is 5.21. The zero-order valence-corrected chi connectivity index (χ0v) is 10.5. The summed E-state index contributed by atoms with van der Waals surface area (Å²) in [5.74, 6) is -0.226. The van der Waals surface area contributed by atoms with Crippen molar-refractivity contribution in [3.8, 4) is 0 Å². The summed E-state index contributed by atoms with van der Waals surface area (Å²) in [5.41, 5.74) is 0. The topological polar surface area (TPSA) is 70.7 Å². The molecule has 0 bridgehead atoms. The van der Waals surface area contributed by atoms with Gasteiger partial charge < -0.3 is 20.3 Å². The first-order valence-electron chi connectivity index (χ1n) is 5.98. The number of likely N-dealkylation sites (N-methyl/N-ethyl adjacent to an activating group) is 1. The highest BCUT2D eigenvalue weighted by atomic mass is 16.5. The van der Waals surface area contributed by atoms with Crippen molar-refractivity contribution in [2.75, 3.05) is 39.9 Å². The second kappa shape index (κ2) is 7.24. The molecule has 2 amide bonds. The molecule has 1 fully saturated rings. The van der Waals surface area contributed by atoms with Crippen molar-refractivity contribution >= 4 is 11.8 Å². The summed E-state index contributed by atoms with van der Waals surface area (Å²) in [4.78, 5) is 24.8. The van der Waals surface area contributed by atoms with Crippen molar-refractivity contribution in [1.29, 1.82) is 0 Å². The van der Waals surface area contributed by atoms with E-state index >= 15 is 0 Å². The molecule has 0 saturated carbocycles.